The summed E-state index contributed by atoms with van der Waals surface area (Å²) < 4.78 is 18.7. The molecular formula is C15H23Cl3FN3O2. The summed E-state index contributed by atoms with van der Waals surface area (Å²) in [7, 11) is 1.52. The van der Waals surface area contributed by atoms with Crippen molar-refractivity contribution in [3.8, 4) is 0 Å². The summed E-state index contributed by atoms with van der Waals surface area (Å²) in [6, 6.07) is 4.06. The van der Waals surface area contributed by atoms with Crippen LogP contribution in [0, 0.1) is 5.82 Å². The molecule has 138 valence electrons. The van der Waals surface area contributed by atoms with Crippen molar-refractivity contribution in [2.45, 2.75) is 12.6 Å². The van der Waals surface area contributed by atoms with Crippen LogP contribution in [0.25, 0.3) is 0 Å². The van der Waals surface area contributed by atoms with E-state index in [1.165, 1.54) is 13.2 Å². The van der Waals surface area contributed by atoms with Crippen LogP contribution in [0.15, 0.2) is 18.2 Å². The summed E-state index contributed by atoms with van der Waals surface area (Å²) in [4.78, 5) is 15.9. The highest BCUT2D eigenvalue weighted by Gasteiger charge is 2.25. The van der Waals surface area contributed by atoms with Gasteiger partial charge in [0.2, 0.25) is 5.91 Å². The lowest BCUT2D eigenvalue weighted by molar-refractivity contribution is -0.135. The standard InChI is InChI=1S/C15H21ClFN3O2.2ClH/c1-22-10-14(18)15(21)20-7-5-19(6-8-20)9-11-12(16)3-2-4-13(11)17;;/h2-4,14H,5-10,18H2,1H3;2*1H. The molecular weight excluding hydrogens is 380 g/mol. The van der Waals surface area contributed by atoms with Crippen LogP contribution in [0.1, 0.15) is 5.56 Å². The van der Waals surface area contributed by atoms with Crippen molar-refractivity contribution in [1.29, 1.82) is 0 Å². The van der Waals surface area contributed by atoms with Crippen LogP contribution >= 0.6 is 36.4 Å². The Balaban J connectivity index is 0.00000264. The van der Waals surface area contributed by atoms with E-state index in [0.717, 1.165) is 0 Å². The number of hydrogen-bond acceptors (Lipinski definition) is 4. The highest BCUT2D eigenvalue weighted by molar-refractivity contribution is 6.31. The van der Waals surface area contributed by atoms with Gasteiger partial charge in [0.05, 0.1) is 6.61 Å². The van der Waals surface area contributed by atoms with Crippen molar-refractivity contribution in [3.05, 3.63) is 34.6 Å². The van der Waals surface area contributed by atoms with Gasteiger partial charge in [0.1, 0.15) is 11.9 Å². The molecule has 0 aliphatic carbocycles. The van der Waals surface area contributed by atoms with E-state index in [9.17, 15) is 9.18 Å². The molecule has 1 amide bonds. The van der Waals surface area contributed by atoms with Gasteiger partial charge in [-0.15, -0.1) is 24.8 Å². The fourth-order valence-corrected chi connectivity index (χ4v) is 2.74. The normalized spacial score (nSPS) is 16.1. The van der Waals surface area contributed by atoms with E-state index in [4.69, 9.17) is 22.1 Å². The number of nitrogens with two attached hydrogens (primary N) is 1. The second-order valence-electron chi connectivity index (χ2n) is 5.36. The van der Waals surface area contributed by atoms with E-state index in [1.807, 2.05) is 0 Å². The van der Waals surface area contributed by atoms with Gasteiger partial charge >= 0.3 is 0 Å². The van der Waals surface area contributed by atoms with Crippen LogP contribution < -0.4 is 5.73 Å². The highest BCUT2D eigenvalue weighted by atomic mass is 35.5. The summed E-state index contributed by atoms with van der Waals surface area (Å²) in [5, 5.41) is 0.431. The smallest absolute Gasteiger partial charge is 0.241 e. The lowest BCUT2D eigenvalue weighted by Crippen LogP contribution is -2.53. The molecule has 2 N–H and O–H groups in total. The van der Waals surface area contributed by atoms with Gasteiger partial charge in [-0.2, -0.15) is 0 Å². The van der Waals surface area contributed by atoms with Gasteiger partial charge in [-0.1, -0.05) is 17.7 Å². The minimum Gasteiger partial charge on any atom is -0.383 e. The Morgan fingerprint density at radius 1 is 1.33 bits per heavy atom. The van der Waals surface area contributed by atoms with Gasteiger partial charge in [0, 0.05) is 50.4 Å². The number of nitrogens with zero attached hydrogens (tertiary/aromatic N) is 2. The summed E-state index contributed by atoms with van der Waals surface area (Å²) in [6.07, 6.45) is 0. The third kappa shape index (κ3) is 6.02. The van der Waals surface area contributed by atoms with Crippen molar-refractivity contribution in [2.24, 2.45) is 5.73 Å². The fourth-order valence-electron chi connectivity index (χ4n) is 2.52. The maximum atomic E-state index is 13.8. The van der Waals surface area contributed by atoms with Gasteiger partial charge < -0.3 is 15.4 Å². The Kier molecular flexibility index (Phi) is 10.8. The monoisotopic (exact) mass is 401 g/mol. The first-order valence-corrected chi connectivity index (χ1v) is 7.59. The zero-order chi connectivity index (χ0) is 16.1. The molecule has 1 saturated heterocycles. The summed E-state index contributed by atoms with van der Waals surface area (Å²) in [6.45, 7) is 3.12. The summed E-state index contributed by atoms with van der Waals surface area (Å²) >= 11 is 6.04. The number of piperazine rings is 1. The van der Waals surface area contributed by atoms with Crippen LogP contribution in [0.2, 0.25) is 5.02 Å². The average Bonchev–Trinajstić information content (AvgIpc) is 2.51. The zero-order valence-corrected chi connectivity index (χ0v) is 15.8. The van der Waals surface area contributed by atoms with Crippen LogP contribution in [-0.2, 0) is 16.1 Å². The Labute approximate surface area is 159 Å². The van der Waals surface area contributed by atoms with Crippen molar-refractivity contribution in [2.75, 3.05) is 39.9 Å². The number of ether oxygens (including phenoxy) is 1. The third-order valence-corrected chi connectivity index (χ3v) is 4.14. The number of halogens is 4. The quantitative estimate of drug-likeness (QED) is 0.818. The van der Waals surface area contributed by atoms with Gasteiger partial charge in [-0.05, 0) is 12.1 Å². The van der Waals surface area contributed by atoms with Crippen LogP contribution in [0.3, 0.4) is 0 Å². The molecule has 5 nitrogen and oxygen atoms in total. The van der Waals surface area contributed by atoms with E-state index in [-0.39, 0.29) is 43.1 Å². The number of hydrogen-bond donors (Lipinski definition) is 1. The second-order valence-corrected chi connectivity index (χ2v) is 5.77. The fraction of sp³-hybridized carbons (Fsp3) is 0.533. The predicted octanol–water partition coefficient (Wildman–Crippen LogP) is 1.94. The number of benzene rings is 1. The lowest BCUT2D eigenvalue weighted by atomic mass is 10.1. The summed E-state index contributed by atoms with van der Waals surface area (Å²) in [5.41, 5.74) is 6.26. The van der Waals surface area contributed by atoms with E-state index >= 15 is 0 Å². The zero-order valence-electron chi connectivity index (χ0n) is 13.4. The molecule has 1 aliphatic heterocycles. The average molecular weight is 403 g/mol. The van der Waals surface area contributed by atoms with Crippen molar-refractivity contribution in [1.82, 2.24) is 9.80 Å². The molecule has 0 bridgehead atoms. The Morgan fingerprint density at radius 2 is 1.96 bits per heavy atom. The maximum absolute atomic E-state index is 13.8. The van der Waals surface area contributed by atoms with Gasteiger partial charge in [0.25, 0.3) is 0 Å². The first-order chi connectivity index (χ1) is 10.5. The van der Waals surface area contributed by atoms with E-state index < -0.39 is 6.04 Å². The molecule has 1 fully saturated rings. The van der Waals surface area contributed by atoms with Crippen molar-refractivity contribution in [3.63, 3.8) is 0 Å². The van der Waals surface area contributed by atoms with E-state index in [1.54, 1.807) is 17.0 Å². The topological polar surface area (TPSA) is 58.8 Å². The van der Waals surface area contributed by atoms with Crippen LogP contribution in [0.4, 0.5) is 4.39 Å². The Morgan fingerprint density at radius 3 is 2.50 bits per heavy atom. The summed E-state index contributed by atoms with van der Waals surface area (Å²) in [5.74, 6) is -0.404. The van der Waals surface area contributed by atoms with Gasteiger partial charge in [0.15, 0.2) is 0 Å². The van der Waals surface area contributed by atoms with Crippen LogP contribution in [0.5, 0.6) is 0 Å². The van der Waals surface area contributed by atoms with Crippen molar-refractivity contribution >= 4 is 42.3 Å². The molecule has 0 spiro atoms. The minimum absolute atomic E-state index is 0. The molecule has 0 radical (unpaired) electrons. The number of carbonyl (C=O) groups is 1. The molecule has 1 aliphatic rings. The molecule has 1 heterocycles. The van der Waals surface area contributed by atoms with E-state index in [2.05, 4.69) is 4.90 Å². The molecule has 0 saturated carbocycles. The second kappa shape index (κ2) is 11.1. The highest BCUT2D eigenvalue weighted by Crippen LogP contribution is 2.21. The maximum Gasteiger partial charge on any atom is 0.241 e. The molecule has 2 rings (SSSR count). The predicted molar refractivity (Wildman–Crippen MR) is 97.6 cm³/mol. The van der Waals surface area contributed by atoms with E-state index in [0.29, 0.717) is 43.3 Å². The first kappa shape index (κ1) is 23.4. The van der Waals surface area contributed by atoms with Gasteiger partial charge in [-0.25, -0.2) is 4.39 Å². The number of amides is 1. The molecule has 9 heteroatoms. The number of rotatable bonds is 5. The third-order valence-electron chi connectivity index (χ3n) is 3.79. The number of carbonyl (C=O) groups excluding carboxylic acids is 1. The Hall–Kier alpha value is -0.630. The van der Waals surface area contributed by atoms with Crippen LogP contribution in [-0.4, -0.2) is 61.6 Å². The molecule has 24 heavy (non-hydrogen) atoms. The van der Waals surface area contributed by atoms with Crippen molar-refractivity contribution < 1.29 is 13.9 Å². The lowest BCUT2D eigenvalue weighted by Gasteiger charge is -2.36. The number of methoxy groups -OCH3 is 1. The minimum atomic E-state index is -0.627. The molecule has 1 aromatic carbocycles. The first-order valence-electron chi connectivity index (χ1n) is 7.21. The Bertz CT molecular complexity index is 508. The molecule has 1 atom stereocenters. The molecule has 1 aromatic rings. The largest absolute Gasteiger partial charge is 0.383 e. The molecule has 1 unspecified atom stereocenters. The molecule has 0 aromatic heterocycles. The SMILES string of the molecule is COCC(N)C(=O)N1CCN(Cc2c(F)cccc2Cl)CC1.Cl.Cl. The van der Waals surface area contributed by atoms with Gasteiger partial charge in [-0.3, -0.25) is 9.69 Å².